The quantitative estimate of drug-likeness (QED) is 0.606. The molecular weight excluding hydrogens is 403 g/mol. The highest BCUT2D eigenvalue weighted by molar-refractivity contribution is 7.89. The fraction of sp³-hybridized carbons (Fsp3) is 0.300. The number of aryl methyl sites for hydroxylation is 3. The molecule has 0 radical (unpaired) electrons. The first-order valence-corrected chi connectivity index (χ1v) is 10.4. The van der Waals surface area contributed by atoms with Gasteiger partial charge in [-0.25, -0.2) is 8.42 Å². The number of halogens is 3. The Morgan fingerprint density at radius 1 is 1.07 bits per heavy atom. The fourth-order valence-corrected chi connectivity index (χ4v) is 5.27. The highest BCUT2D eigenvalue weighted by atomic mass is 32.2. The molecule has 0 spiro atoms. The lowest BCUT2D eigenvalue weighted by molar-refractivity contribution is -0.154. The molecule has 0 saturated heterocycles. The van der Waals surface area contributed by atoms with Crippen molar-refractivity contribution in [3.05, 3.63) is 59.3 Å². The summed E-state index contributed by atoms with van der Waals surface area (Å²) >= 11 is 0. The Bertz CT molecular complexity index is 1140. The van der Waals surface area contributed by atoms with Crippen LogP contribution in [0.5, 0.6) is 0 Å². The topological polar surface area (TPSA) is 77.1 Å². The first kappa shape index (κ1) is 21.2. The molecule has 0 bridgehead atoms. The molecule has 0 aliphatic heterocycles. The highest BCUT2D eigenvalue weighted by Crippen LogP contribution is 2.28. The number of fused-ring (bicyclic) bond motifs is 1. The van der Waals surface area contributed by atoms with Gasteiger partial charge in [-0.15, -0.1) is 0 Å². The smallest absolute Gasteiger partial charge is 0.399 e. The molecule has 2 aromatic carbocycles. The predicted molar refractivity (Wildman–Crippen MR) is 107 cm³/mol. The molecule has 29 heavy (non-hydrogen) atoms. The molecule has 9 heteroatoms. The standard InChI is InChI=1S/C20H22F3N3O2S/c1-12-8-13(2)19(14(3)9-12)29(27,28)25-18(20(21,22)23)11-26-7-6-15-4-5-16(24)10-17(15)26/h4-10,18,25H,11,24H2,1-3H3. The molecule has 1 atom stereocenters. The van der Waals surface area contributed by atoms with Gasteiger partial charge in [0.1, 0.15) is 6.04 Å². The maximum Gasteiger partial charge on any atom is 0.406 e. The molecule has 3 rings (SSSR count). The minimum atomic E-state index is -4.78. The zero-order chi connectivity index (χ0) is 21.6. The van der Waals surface area contributed by atoms with Crippen molar-refractivity contribution >= 4 is 26.6 Å². The summed E-state index contributed by atoms with van der Waals surface area (Å²) in [5.74, 6) is 0. The van der Waals surface area contributed by atoms with E-state index >= 15 is 0 Å². The zero-order valence-electron chi connectivity index (χ0n) is 16.2. The molecule has 1 heterocycles. The number of nitrogens with zero attached hydrogens (tertiary/aromatic N) is 1. The van der Waals surface area contributed by atoms with Crippen LogP contribution in [0.4, 0.5) is 18.9 Å². The molecule has 0 aliphatic rings. The van der Waals surface area contributed by atoms with E-state index in [1.165, 1.54) is 10.8 Å². The van der Waals surface area contributed by atoms with E-state index < -0.39 is 28.8 Å². The van der Waals surface area contributed by atoms with E-state index in [0.717, 1.165) is 5.56 Å². The van der Waals surface area contributed by atoms with Crippen molar-refractivity contribution in [2.75, 3.05) is 5.73 Å². The summed E-state index contributed by atoms with van der Waals surface area (Å²) in [4.78, 5) is -0.126. The van der Waals surface area contributed by atoms with E-state index in [1.54, 1.807) is 57.2 Å². The Labute approximate surface area is 167 Å². The van der Waals surface area contributed by atoms with Gasteiger partial charge in [-0.05, 0) is 55.5 Å². The molecule has 0 aliphatic carbocycles. The first-order chi connectivity index (χ1) is 13.4. The molecule has 3 N–H and O–H groups in total. The van der Waals surface area contributed by atoms with Gasteiger partial charge in [-0.1, -0.05) is 23.8 Å². The van der Waals surface area contributed by atoms with E-state index in [2.05, 4.69) is 0 Å². The van der Waals surface area contributed by atoms with Crippen molar-refractivity contribution in [3.8, 4) is 0 Å². The molecule has 156 valence electrons. The number of sulfonamides is 1. The Kier molecular flexibility index (Phi) is 5.40. The van der Waals surface area contributed by atoms with Gasteiger partial charge < -0.3 is 10.3 Å². The van der Waals surface area contributed by atoms with E-state index in [0.29, 0.717) is 27.7 Å². The van der Waals surface area contributed by atoms with Crippen LogP contribution >= 0.6 is 0 Å². The van der Waals surface area contributed by atoms with Crippen LogP contribution in [0, 0.1) is 20.8 Å². The number of nitrogen functional groups attached to an aromatic ring is 1. The van der Waals surface area contributed by atoms with E-state index in [4.69, 9.17) is 5.73 Å². The molecule has 3 aromatic rings. The third kappa shape index (κ3) is 4.40. The van der Waals surface area contributed by atoms with E-state index in [-0.39, 0.29) is 4.90 Å². The number of alkyl halides is 3. The summed E-state index contributed by atoms with van der Waals surface area (Å²) in [6, 6.07) is 7.53. The molecule has 5 nitrogen and oxygen atoms in total. The van der Waals surface area contributed by atoms with Crippen LogP contribution in [0.25, 0.3) is 10.9 Å². The second kappa shape index (κ2) is 7.38. The second-order valence-electron chi connectivity index (χ2n) is 7.23. The SMILES string of the molecule is Cc1cc(C)c(S(=O)(=O)NC(Cn2ccc3ccc(N)cc32)C(F)(F)F)c(C)c1. The average molecular weight is 425 g/mol. The summed E-state index contributed by atoms with van der Waals surface area (Å²) < 4.78 is 70.1. The van der Waals surface area contributed by atoms with Crippen molar-refractivity contribution in [2.24, 2.45) is 0 Å². The van der Waals surface area contributed by atoms with Crippen LogP contribution in [-0.4, -0.2) is 25.2 Å². The predicted octanol–water partition coefficient (Wildman–Crippen LogP) is 4.06. The summed E-state index contributed by atoms with van der Waals surface area (Å²) in [6.07, 6.45) is -3.30. The number of aromatic nitrogens is 1. The van der Waals surface area contributed by atoms with Crippen LogP contribution in [0.2, 0.25) is 0 Å². The van der Waals surface area contributed by atoms with Crippen LogP contribution in [-0.2, 0) is 16.6 Å². The maximum absolute atomic E-state index is 13.7. The van der Waals surface area contributed by atoms with Crippen LogP contribution in [0.15, 0.2) is 47.5 Å². The molecule has 1 aromatic heterocycles. The van der Waals surface area contributed by atoms with Gasteiger partial charge in [0.05, 0.1) is 10.4 Å². The van der Waals surface area contributed by atoms with Gasteiger partial charge in [0, 0.05) is 18.4 Å². The van der Waals surface area contributed by atoms with Crippen LogP contribution in [0.3, 0.4) is 0 Å². The third-order valence-corrected chi connectivity index (χ3v) is 6.52. The Morgan fingerprint density at radius 3 is 2.28 bits per heavy atom. The van der Waals surface area contributed by atoms with Crippen molar-refractivity contribution in [1.82, 2.24) is 9.29 Å². The lowest BCUT2D eigenvalue weighted by atomic mass is 10.1. The number of nitrogens with one attached hydrogen (secondary N) is 1. The molecule has 0 fully saturated rings. The summed E-state index contributed by atoms with van der Waals surface area (Å²) in [7, 11) is -4.39. The van der Waals surface area contributed by atoms with E-state index in [9.17, 15) is 21.6 Å². The highest BCUT2D eigenvalue weighted by Gasteiger charge is 2.43. The van der Waals surface area contributed by atoms with Gasteiger partial charge in [-0.3, -0.25) is 0 Å². The Morgan fingerprint density at radius 2 is 1.69 bits per heavy atom. The van der Waals surface area contributed by atoms with Crippen molar-refractivity contribution in [2.45, 2.75) is 44.4 Å². The minimum Gasteiger partial charge on any atom is -0.399 e. The molecular formula is C20H22F3N3O2S. The zero-order valence-corrected chi connectivity index (χ0v) is 17.0. The number of hydrogen-bond donors (Lipinski definition) is 2. The number of nitrogens with two attached hydrogens (primary N) is 1. The number of anilines is 1. The number of hydrogen-bond acceptors (Lipinski definition) is 3. The van der Waals surface area contributed by atoms with Gasteiger partial charge in [0.25, 0.3) is 0 Å². The lowest BCUT2D eigenvalue weighted by Crippen LogP contribution is -2.48. The monoisotopic (exact) mass is 425 g/mol. The van der Waals surface area contributed by atoms with Crippen molar-refractivity contribution in [3.63, 3.8) is 0 Å². The average Bonchev–Trinajstić information content (AvgIpc) is 2.94. The summed E-state index contributed by atoms with van der Waals surface area (Å²) in [5, 5.41) is 0.716. The van der Waals surface area contributed by atoms with Crippen molar-refractivity contribution in [1.29, 1.82) is 0 Å². The van der Waals surface area contributed by atoms with Crippen LogP contribution in [0.1, 0.15) is 16.7 Å². The second-order valence-corrected chi connectivity index (χ2v) is 8.88. The normalized spacial score (nSPS) is 13.7. The van der Waals surface area contributed by atoms with Gasteiger partial charge in [0.2, 0.25) is 10.0 Å². The fourth-order valence-electron chi connectivity index (χ4n) is 3.60. The minimum absolute atomic E-state index is 0.126. The summed E-state index contributed by atoms with van der Waals surface area (Å²) in [6.45, 7) is 4.32. The number of benzene rings is 2. The first-order valence-electron chi connectivity index (χ1n) is 8.90. The van der Waals surface area contributed by atoms with Gasteiger partial charge in [0.15, 0.2) is 0 Å². The van der Waals surface area contributed by atoms with Crippen LogP contribution < -0.4 is 10.5 Å². The maximum atomic E-state index is 13.7. The molecule has 1 unspecified atom stereocenters. The van der Waals surface area contributed by atoms with Gasteiger partial charge >= 0.3 is 6.18 Å². The van der Waals surface area contributed by atoms with Gasteiger partial charge in [-0.2, -0.15) is 17.9 Å². The number of rotatable bonds is 5. The molecule has 0 amide bonds. The van der Waals surface area contributed by atoms with Crippen molar-refractivity contribution < 1.29 is 21.6 Å². The lowest BCUT2D eigenvalue weighted by Gasteiger charge is -2.24. The molecule has 0 saturated carbocycles. The Hall–Kier alpha value is -2.52. The third-order valence-electron chi connectivity index (χ3n) is 4.74. The summed E-state index contributed by atoms with van der Waals surface area (Å²) in [5.41, 5.74) is 8.29. The Balaban J connectivity index is 1.99. The largest absolute Gasteiger partial charge is 0.406 e. The van der Waals surface area contributed by atoms with E-state index in [1.807, 2.05) is 4.72 Å².